The Morgan fingerprint density at radius 1 is 0.228 bits per heavy atom. The van der Waals surface area contributed by atoms with Gasteiger partial charge in [-0.3, -0.25) is 70.5 Å². The summed E-state index contributed by atoms with van der Waals surface area (Å²) in [6, 6.07) is 25.4. The normalized spacial score (nSPS) is 12.1. The molecular weight excluding hydrogens is 1740 g/mol. The monoisotopic (exact) mass is 1800 g/mol. The first-order valence-electron chi connectivity index (χ1n) is 34.9. The number of rotatable bonds is 24. The van der Waals surface area contributed by atoms with Gasteiger partial charge in [0.25, 0.3) is 114 Å². The van der Waals surface area contributed by atoms with Crippen molar-refractivity contribution in [2.45, 2.75) is 29.4 Å². The molecule has 6 aromatic heterocycles. The van der Waals surface area contributed by atoms with Crippen LogP contribution in [0.15, 0.2) is 212 Å². The lowest BCUT2D eigenvalue weighted by atomic mass is 10.0. The fourth-order valence-electron chi connectivity index (χ4n) is 13.4. The predicted molar refractivity (Wildman–Crippen MR) is 441 cm³/mol. The van der Waals surface area contributed by atoms with Crippen molar-refractivity contribution < 1.29 is 121 Å². The minimum Gasteiger partial charge on any atom is -0.344 e. The van der Waals surface area contributed by atoms with Gasteiger partial charge in [0.1, 0.15) is 48.9 Å². The number of benzene rings is 7. The van der Waals surface area contributed by atoms with Crippen molar-refractivity contribution in [2.75, 3.05) is 47.9 Å². The van der Waals surface area contributed by atoms with Crippen LogP contribution in [0.5, 0.6) is 0 Å². The van der Waals surface area contributed by atoms with Crippen LogP contribution in [0.1, 0.15) is 94.0 Å². The van der Waals surface area contributed by atoms with Gasteiger partial charge in [-0.15, -0.1) is 0 Å². The molecule has 0 saturated heterocycles. The Balaban J connectivity index is 0.729. The van der Waals surface area contributed by atoms with Gasteiger partial charge in [-0.05, 0) is 127 Å². The molecule has 0 aliphatic rings. The molecule has 0 radical (unpaired) electrons. The van der Waals surface area contributed by atoms with E-state index in [1.54, 1.807) is 0 Å². The van der Waals surface area contributed by atoms with Crippen LogP contribution in [0.4, 0.5) is 51.2 Å². The number of carbonyl (C=O) groups is 9. The standard InChI is InChI=1S/C75H63N15O27S6/c1-85-31-38(22-58(85)70(94)79-41-25-61(88(4)34-41)73(97)82-55-15-18-64(121(109,110)111)51-28-44(118(100,101)102)8-12-47(51)55)76-67(91)37-7-11-50(68(92)77-39-23-59(86(2)32-39)71(95)80-42-26-62(89(5)35-42)74(98)83-56-16-19-65(122(112,113)114)52-29-45(119(103,104)105)9-13-48(52)56)54(21-37)69(93)78-40-24-60(87(3)33-40)72(96)81-43-27-63(90(6)36-43)75(99)84-57-17-20-66(123(115,116)117)53-30-46(120(106,107)108)10-14-49(53)57/h7-36H,1-6H3,(H,76,91)(H,77,92)(H,78,93)(H,79,94)(H,80,95)(H,81,96)(H,82,97)(H,83,98)(H,84,99)(H,100,101,102)(H,103,104,105)(H,106,107,108)(H,109,110,111)(H,112,113,114)(H,115,116,117). The van der Waals surface area contributed by atoms with E-state index in [0.717, 1.165) is 103 Å². The number of nitrogens with one attached hydrogen (secondary N) is 9. The SMILES string of the molecule is Cn1cc(NC(=O)c2ccc(C(=O)Nc3cc(C(=O)Nc4cc(C(=O)Nc5ccc(S(=O)(=O)O)c6cc(S(=O)(=O)O)ccc56)n(C)c4)n(C)c3)c(C(=O)Nc3cc(C(=O)Nc4cc(C(=O)Nc5ccc(S(=O)(=O)O)c6cc(S(=O)(=O)O)ccc56)n(C)c4)n(C)c3)c2)cc1C(=O)Nc1cc(C(=O)Nc2ccc(S(=O)(=O)O)c3cc(S(=O)(=O)O)ccc23)n(C)c1. The molecule has 9 amide bonds. The zero-order valence-corrected chi connectivity index (χ0v) is 68.6. The Hall–Kier alpha value is -14.3. The lowest BCUT2D eigenvalue weighted by Crippen LogP contribution is -2.22. The van der Waals surface area contributed by atoms with Crippen molar-refractivity contribution in [3.8, 4) is 0 Å². The topological polar surface area (TPSA) is 618 Å². The van der Waals surface area contributed by atoms with Gasteiger partial charge in [-0.25, -0.2) is 0 Å². The first-order valence-corrected chi connectivity index (χ1v) is 43.5. The summed E-state index contributed by atoms with van der Waals surface area (Å²) in [5.41, 5.74) is -1.73. The summed E-state index contributed by atoms with van der Waals surface area (Å²) in [5, 5.41) is 22.2. The van der Waals surface area contributed by atoms with Gasteiger partial charge < -0.3 is 75.3 Å². The molecule has 0 saturated carbocycles. The van der Waals surface area contributed by atoms with Crippen LogP contribution < -0.4 is 47.9 Å². The number of amides is 9. The zero-order valence-electron chi connectivity index (χ0n) is 63.7. The van der Waals surface area contributed by atoms with Gasteiger partial charge in [0.05, 0.1) is 59.9 Å². The molecule has 7 aromatic carbocycles. The van der Waals surface area contributed by atoms with Crippen molar-refractivity contribution in [1.82, 2.24) is 27.4 Å². The lowest BCUT2D eigenvalue weighted by molar-refractivity contribution is 0.0988. The van der Waals surface area contributed by atoms with Crippen molar-refractivity contribution >= 4 is 197 Å². The second-order valence-corrected chi connectivity index (χ2v) is 35.9. The molecule has 123 heavy (non-hydrogen) atoms. The molecule has 13 aromatic rings. The highest BCUT2D eigenvalue weighted by atomic mass is 32.2. The summed E-state index contributed by atoms with van der Waals surface area (Å²) in [4.78, 5) is 123. The van der Waals surface area contributed by atoms with E-state index in [1.165, 1.54) is 149 Å². The van der Waals surface area contributed by atoms with Gasteiger partial charge in [0.15, 0.2) is 0 Å². The molecule has 0 unspecified atom stereocenters. The number of aryl methyl sites for hydroxylation is 6. The molecule has 6 heterocycles. The molecular formula is C75H63N15O27S6. The van der Waals surface area contributed by atoms with E-state index < -0.39 is 149 Å². The molecule has 0 bridgehead atoms. The van der Waals surface area contributed by atoms with E-state index in [0.29, 0.717) is 0 Å². The maximum atomic E-state index is 14.8. The summed E-state index contributed by atoms with van der Waals surface area (Å²) in [7, 11) is -20.9. The Morgan fingerprint density at radius 3 is 0.699 bits per heavy atom. The van der Waals surface area contributed by atoms with Gasteiger partial charge in [0.2, 0.25) is 0 Å². The molecule has 0 fully saturated rings. The van der Waals surface area contributed by atoms with Crippen LogP contribution in [-0.4, -0.2) is 158 Å². The van der Waals surface area contributed by atoms with E-state index in [9.17, 15) is 121 Å². The van der Waals surface area contributed by atoms with Crippen LogP contribution in [0, 0.1) is 0 Å². The summed E-state index contributed by atoms with van der Waals surface area (Å²) in [6.45, 7) is 0. The third-order valence-corrected chi connectivity index (χ3v) is 24.3. The maximum Gasteiger partial charge on any atom is 0.295 e. The Bertz CT molecular complexity index is 7590. The quantitative estimate of drug-likeness (QED) is 0.0255. The second kappa shape index (κ2) is 32.0. The number of nitrogens with zero attached hydrogens (tertiary/aromatic N) is 6. The van der Waals surface area contributed by atoms with E-state index in [1.807, 2.05) is 0 Å². The van der Waals surface area contributed by atoms with Gasteiger partial charge in [-0.2, -0.15) is 50.5 Å². The fraction of sp³-hybridized carbons (Fsp3) is 0.0800. The van der Waals surface area contributed by atoms with Crippen molar-refractivity contribution in [3.05, 3.63) is 234 Å². The largest absolute Gasteiger partial charge is 0.344 e. The zero-order chi connectivity index (χ0) is 89.6. The number of hydrogen-bond acceptors (Lipinski definition) is 21. The molecule has 0 aliphatic heterocycles. The van der Waals surface area contributed by atoms with E-state index >= 15 is 0 Å². The smallest absolute Gasteiger partial charge is 0.295 e. The van der Waals surface area contributed by atoms with Crippen LogP contribution in [0.2, 0.25) is 0 Å². The summed E-state index contributed by atoms with van der Waals surface area (Å²) in [6.07, 6.45) is 8.05. The number of fused-ring (bicyclic) bond motifs is 3. The van der Waals surface area contributed by atoms with Gasteiger partial charge in [0, 0.05) is 134 Å². The molecule has 13 rings (SSSR count). The molecule has 0 spiro atoms. The van der Waals surface area contributed by atoms with Crippen molar-refractivity contribution in [3.63, 3.8) is 0 Å². The average Bonchev–Trinajstić information content (AvgIpc) is 1.55. The Labute approximate surface area is 694 Å². The minimum atomic E-state index is -4.98. The number of aromatic nitrogens is 6. The summed E-state index contributed by atoms with van der Waals surface area (Å²) in [5.74, 6) is -7.80. The van der Waals surface area contributed by atoms with Gasteiger partial charge >= 0.3 is 0 Å². The molecule has 48 heteroatoms. The van der Waals surface area contributed by atoms with E-state index in [2.05, 4.69) is 47.9 Å². The van der Waals surface area contributed by atoms with Crippen LogP contribution in [0.3, 0.4) is 0 Å². The molecule has 0 aliphatic carbocycles. The predicted octanol–water partition coefficient (Wildman–Crippen LogP) is 7.93. The number of carbonyl (C=O) groups excluding carboxylic acids is 9. The van der Waals surface area contributed by atoms with Crippen LogP contribution in [-0.2, 0) is 103 Å². The van der Waals surface area contributed by atoms with Crippen molar-refractivity contribution in [1.29, 1.82) is 0 Å². The summed E-state index contributed by atoms with van der Waals surface area (Å²) >= 11 is 0. The minimum absolute atomic E-state index is 0.0130. The highest BCUT2D eigenvalue weighted by Crippen LogP contribution is 2.37. The molecule has 636 valence electrons. The van der Waals surface area contributed by atoms with E-state index in [-0.39, 0.29) is 129 Å². The number of hydrogen-bond donors (Lipinski definition) is 15. The third-order valence-electron chi connectivity index (χ3n) is 19.1. The molecule has 0 atom stereocenters. The first-order chi connectivity index (χ1) is 57.4. The van der Waals surface area contributed by atoms with Crippen LogP contribution >= 0.6 is 0 Å². The lowest BCUT2D eigenvalue weighted by Gasteiger charge is -2.12. The second-order valence-electron chi connectivity index (χ2n) is 27.5. The van der Waals surface area contributed by atoms with E-state index in [4.69, 9.17) is 0 Å². The summed E-state index contributed by atoms with van der Waals surface area (Å²) < 4.78 is 212. The molecule has 42 nitrogen and oxygen atoms in total. The average molecular weight is 1800 g/mol. The first kappa shape index (κ1) is 86.5. The van der Waals surface area contributed by atoms with Crippen molar-refractivity contribution in [2.24, 2.45) is 42.3 Å². The fourth-order valence-corrected chi connectivity index (χ4v) is 16.9. The third kappa shape index (κ3) is 18.3. The molecule has 15 N–H and O–H groups in total. The van der Waals surface area contributed by atoms with Gasteiger partial charge in [-0.1, -0.05) is 18.2 Å². The maximum absolute atomic E-state index is 14.8. The highest BCUT2D eigenvalue weighted by molar-refractivity contribution is 7.87. The number of anilines is 9. The highest BCUT2D eigenvalue weighted by Gasteiger charge is 2.30. The Morgan fingerprint density at radius 2 is 0.455 bits per heavy atom. The Kier molecular flexibility index (Phi) is 22.5. The van der Waals surface area contributed by atoms with Crippen LogP contribution in [0.25, 0.3) is 32.3 Å².